The van der Waals surface area contributed by atoms with Gasteiger partial charge in [-0.2, -0.15) is 23.0 Å². The molecule has 1 aliphatic rings. The van der Waals surface area contributed by atoms with E-state index in [1.807, 2.05) is 0 Å². The summed E-state index contributed by atoms with van der Waals surface area (Å²) in [4.78, 5) is 33.7. The Morgan fingerprint density at radius 2 is 1.91 bits per heavy atom. The summed E-state index contributed by atoms with van der Waals surface area (Å²) in [7, 11) is 0. The van der Waals surface area contributed by atoms with E-state index >= 15 is 0 Å². The minimum atomic E-state index is -4.64. The number of nitrogens with zero attached hydrogens (tertiary/aromatic N) is 5. The van der Waals surface area contributed by atoms with Gasteiger partial charge >= 0.3 is 6.18 Å². The van der Waals surface area contributed by atoms with Gasteiger partial charge in [-0.1, -0.05) is 18.2 Å². The van der Waals surface area contributed by atoms with Gasteiger partial charge in [-0.25, -0.2) is 9.97 Å². The van der Waals surface area contributed by atoms with Crippen molar-refractivity contribution in [2.45, 2.75) is 25.1 Å². The van der Waals surface area contributed by atoms with Crippen LogP contribution in [0.1, 0.15) is 28.9 Å². The number of hydrogen-bond acceptors (Lipinski definition) is 6. The van der Waals surface area contributed by atoms with Crippen molar-refractivity contribution in [1.29, 1.82) is 0 Å². The van der Waals surface area contributed by atoms with Crippen LogP contribution < -0.4 is 5.32 Å². The summed E-state index contributed by atoms with van der Waals surface area (Å²) in [6.45, 7) is 0.207. The molecular formula is C20H19F3N6O3. The minimum Gasteiger partial charge on any atom is -0.387 e. The quantitative estimate of drug-likeness (QED) is 0.626. The molecule has 1 aliphatic heterocycles. The number of hydrogen-bond donors (Lipinski definition) is 2. The van der Waals surface area contributed by atoms with Crippen LogP contribution in [0.3, 0.4) is 0 Å². The van der Waals surface area contributed by atoms with Gasteiger partial charge in [-0.3, -0.25) is 9.59 Å². The molecule has 0 saturated carbocycles. The lowest BCUT2D eigenvalue weighted by molar-refractivity contribution is -0.140. The molecule has 0 bridgehead atoms. The number of alkyl halides is 3. The van der Waals surface area contributed by atoms with E-state index in [1.165, 1.54) is 35.5 Å². The van der Waals surface area contributed by atoms with Crippen LogP contribution in [0, 0.1) is 0 Å². The molecule has 32 heavy (non-hydrogen) atoms. The Balaban J connectivity index is 1.53. The van der Waals surface area contributed by atoms with Crippen molar-refractivity contribution in [3.8, 4) is 5.95 Å². The van der Waals surface area contributed by atoms with Crippen molar-refractivity contribution >= 4 is 22.7 Å². The number of amides is 2. The zero-order chi connectivity index (χ0) is 22.9. The Morgan fingerprint density at radius 3 is 2.59 bits per heavy atom. The topological polar surface area (TPSA) is 113 Å². The van der Waals surface area contributed by atoms with Crippen molar-refractivity contribution in [3.05, 3.63) is 47.9 Å². The smallest absolute Gasteiger partial charge is 0.387 e. The summed E-state index contributed by atoms with van der Waals surface area (Å²) in [5.41, 5.74) is -0.738. The third kappa shape index (κ3) is 4.26. The maximum atomic E-state index is 13.3. The van der Waals surface area contributed by atoms with Crippen LogP contribution in [0.25, 0.3) is 16.9 Å². The van der Waals surface area contributed by atoms with E-state index in [4.69, 9.17) is 5.11 Å². The molecule has 9 nitrogen and oxygen atoms in total. The van der Waals surface area contributed by atoms with Crippen LogP contribution >= 0.6 is 0 Å². The fraction of sp³-hybridized carbons (Fsp3) is 0.350. The highest BCUT2D eigenvalue weighted by Gasteiger charge is 2.37. The molecule has 0 spiro atoms. The predicted octanol–water partition coefficient (Wildman–Crippen LogP) is 1.55. The number of carbonyl (C=O) groups is 2. The Hall–Kier alpha value is -3.54. The minimum absolute atomic E-state index is 0.0790. The summed E-state index contributed by atoms with van der Waals surface area (Å²) in [6.07, 6.45) is -0.878. The Labute approximate surface area is 179 Å². The average Bonchev–Trinajstić information content (AvgIpc) is 3.19. The SMILES string of the molecule is O=C(NC1CCCN(C(=O)CO)C1)c1cnc(-n2nc(C(F)(F)F)c3ccccc32)nc1. The number of piperidine rings is 1. The van der Waals surface area contributed by atoms with E-state index in [9.17, 15) is 22.8 Å². The molecule has 0 aliphatic carbocycles. The van der Waals surface area contributed by atoms with Crippen molar-refractivity contribution in [3.63, 3.8) is 0 Å². The second kappa shape index (κ2) is 8.54. The van der Waals surface area contributed by atoms with Crippen LogP contribution in [0.4, 0.5) is 13.2 Å². The predicted molar refractivity (Wildman–Crippen MR) is 106 cm³/mol. The van der Waals surface area contributed by atoms with E-state index in [0.717, 1.165) is 4.68 Å². The third-order valence-electron chi connectivity index (χ3n) is 5.19. The van der Waals surface area contributed by atoms with E-state index in [2.05, 4.69) is 20.4 Å². The number of para-hydroxylation sites is 1. The molecule has 1 unspecified atom stereocenters. The molecule has 1 aromatic carbocycles. The van der Waals surface area contributed by atoms with Crippen LogP contribution in [0.15, 0.2) is 36.7 Å². The maximum absolute atomic E-state index is 13.3. The molecule has 3 aromatic rings. The molecule has 3 heterocycles. The van der Waals surface area contributed by atoms with Crippen LogP contribution in [0.2, 0.25) is 0 Å². The van der Waals surface area contributed by atoms with Crippen molar-refractivity contribution in [2.24, 2.45) is 0 Å². The fourth-order valence-corrected chi connectivity index (χ4v) is 3.67. The molecule has 0 radical (unpaired) electrons. The first-order valence-electron chi connectivity index (χ1n) is 9.85. The first-order valence-corrected chi connectivity index (χ1v) is 9.85. The summed E-state index contributed by atoms with van der Waals surface area (Å²) in [5.74, 6) is -0.979. The summed E-state index contributed by atoms with van der Waals surface area (Å²) >= 11 is 0. The van der Waals surface area contributed by atoms with Gasteiger partial charge in [0.05, 0.1) is 11.1 Å². The number of rotatable bonds is 4. The van der Waals surface area contributed by atoms with Gasteiger partial charge in [0, 0.05) is 36.9 Å². The molecule has 4 rings (SSSR count). The van der Waals surface area contributed by atoms with E-state index in [-0.39, 0.29) is 35.0 Å². The largest absolute Gasteiger partial charge is 0.435 e. The van der Waals surface area contributed by atoms with Gasteiger partial charge in [-0.05, 0) is 18.9 Å². The molecule has 2 amide bonds. The summed E-state index contributed by atoms with van der Waals surface area (Å²) in [5, 5.41) is 15.4. The highest BCUT2D eigenvalue weighted by Crippen LogP contribution is 2.34. The first kappa shape index (κ1) is 21.7. The second-order valence-electron chi connectivity index (χ2n) is 7.36. The summed E-state index contributed by atoms with van der Waals surface area (Å²) < 4.78 is 41.0. The van der Waals surface area contributed by atoms with Crippen LogP contribution in [0.5, 0.6) is 0 Å². The first-order chi connectivity index (χ1) is 15.3. The lowest BCUT2D eigenvalue weighted by Gasteiger charge is -2.32. The molecule has 1 saturated heterocycles. The van der Waals surface area contributed by atoms with Gasteiger partial charge in [0.15, 0.2) is 5.69 Å². The zero-order valence-electron chi connectivity index (χ0n) is 16.7. The maximum Gasteiger partial charge on any atom is 0.435 e. The lowest BCUT2D eigenvalue weighted by Crippen LogP contribution is -2.50. The van der Waals surface area contributed by atoms with E-state index in [1.54, 1.807) is 6.07 Å². The standard InChI is InChI=1S/C20H19F3N6O3/c21-20(22,23)17-14-5-1-2-6-15(14)29(27-17)19-24-8-12(9-25-19)18(32)26-13-4-3-7-28(10-13)16(31)11-30/h1-2,5-6,8-9,13,30H,3-4,7,10-11H2,(H,26,32). The monoisotopic (exact) mass is 448 g/mol. The van der Waals surface area contributed by atoms with Gasteiger partial charge in [0.1, 0.15) is 6.61 Å². The lowest BCUT2D eigenvalue weighted by atomic mass is 10.1. The van der Waals surface area contributed by atoms with Crippen molar-refractivity contribution in [1.82, 2.24) is 30.0 Å². The Kier molecular flexibility index (Phi) is 5.78. The molecule has 1 fully saturated rings. The normalized spacial score (nSPS) is 16.9. The number of fused-ring (bicyclic) bond motifs is 1. The van der Waals surface area contributed by atoms with Crippen LogP contribution in [-0.2, 0) is 11.0 Å². The number of aliphatic hydroxyl groups is 1. The van der Waals surface area contributed by atoms with Crippen molar-refractivity contribution < 1.29 is 27.9 Å². The number of benzene rings is 1. The molecule has 2 aromatic heterocycles. The van der Waals surface area contributed by atoms with E-state index < -0.39 is 30.3 Å². The molecule has 168 valence electrons. The Morgan fingerprint density at radius 1 is 1.19 bits per heavy atom. The van der Waals surface area contributed by atoms with Gasteiger partial charge < -0.3 is 15.3 Å². The molecule has 12 heteroatoms. The van der Waals surface area contributed by atoms with Gasteiger partial charge in [0.25, 0.3) is 11.9 Å². The highest BCUT2D eigenvalue weighted by molar-refractivity contribution is 5.94. The number of nitrogens with one attached hydrogen (secondary N) is 1. The van der Waals surface area contributed by atoms with Gasteiger partial charge in [-0.15, -0.1) is 0 Å². The average molecular weight is 448 g/mol. The number of halogens is 3. The zero-order valence-corrected chi connectivity index (χ0v) is 16.7. The van der Waals surface area contributed by atoms with Gasteiger partial charge in [0.2, 0.25) is 5.91 Å². The number of aromatic nitrogens is 4. The fourth-order valence-electron chi connectivity index (χ4n) is 3.67. The number of aliphatic hydroxyl groups excluding tert-OH is 1. The van der Waals surface area contributed by atoms with Crippen molar-refractivity contribution in [2.75, 3.05) is 19.7 Å². The Bertz CT molecular complexity index is 1150. The molecule has 2 N–H and O–H groups in total. The number of likely N-dealkylation sites (tertiary alicyclic amines) is 1. The number of carbonyl (C=O) groups excluding carboxylic acids is 2. The van der Waals surface area contributed by atoms with Crippen LogP contribution in [-0.4, -0.2) is 67.3 Å². The second-order valence-corrected chi connectivity index (χ2v) is 7.36. The highest BCUT2D eigenvalue weighted by atomic mass is 19.4. The molecule has 1 atom stereocenters. The van der Waals surface area contributed by atoms with E-state index in [0.29, 0.717) is 19.4 Å². The molecular weight excluding hydrogens is 429 g/mol. The third-order valence-corrected chi connectivity index (χ3v) is 5.19. The summed E-state index contributed by atoms with van der Waals surface area (Å²) in [6, 6.07) is 5.56.